The maximum Gasteiger partial charge on any atom is 0.228 e. The number of halogens is 2. The minimum atomic E-state index is 0.367. The molecule has 6 saturated heterocycles. The fraction of sp³-hybridized carbons (Fsp3) is 0.431. The second kappa shape index (κ2) is 33.8. The number of carbonyl (C=O) groups excluding carboxylic acids is 2. The molecule has 418 valence electrons. The smallest absolute Gasteiger partial charge is 0.228 e. The van der Waals surface area contributed by atoms with Gasteiger partial charge in [-0.25, -0.2) is 9.97 Å². The lowest BCUT2D eigenvalue weighted by Gasteiger charge is -2.29. The van der Waals surface area contributed by atoms with E-state index in [-0.39, 0.29) is 0 Å². The number of aldehydes is 1. The fourth-order valence-corrected chi connectivity index (χ4v) is 9.26. The first-order valence-corrected chi connectivity index (χ1v) is 27.3. The van der Waals surface area contributed by atoms with Gasteiger partial charge in [-0.05, 0) is 60.0 Å². The number of rotatable bonds is 8. The number of morpholine rings is 6. The maximum atomic E-state index is 10.5. The molecule has 6 aliphatic rings. The Labute approximate surface area is 468 Å². The lowest BCUT2D eigenvalue weighted by Crippen LogP contribution is -2.37. The number of pyridine rings is 1. The quantitative estimate of drug-likeness (QED) is 0.109. The van der Waals surface area contributed by atoms with E-state index in [2.05, 4.69) is 89.1 Å². The monoisotopic (exact) mass is 1110 g/mol. The van der Waals surface area contributed by atoms with Crippen LogP contribution in [0.2, 0.25) is 10.3 Å². The number of hydrogen-bond acceptors (Lipinski definition) is 17. The average Bonchev–Trinajstić information content (AvgIpc) is 3.53. The molecule has 8 heterocycles. The van der Waals surface area contributed by atoms with E-state index < -0.39 is 0 Å². The lowest BCUT2D eigenvalue weighted by molar-refractivity contribution is -0.121. The van der Waals surface area contributed by atoms with Gasteiger partial charge in [0.2, 0.25) is 12.4 Å². The molecule has 18 nitrogen and oxygen atoms in total. The Morgan fingerprint density at radius 1 is 0.462 bits per heavy atom. The van der Waals surface area contributed by atoms with Crippen LogP contribution in [0.5, 0.6) is 5.75 Å². The zero-order valence-electron chi connectivity index (χ0n) is 44.6. The number of aromatic nitrogens is 3. The predicted molar refractivity (Wildman–Crippen MR) is 309 cm³/mol. The van der Waals surface area contributed by atoms with E-state index in [1.165, 1.54) is 39.6 Å². The number of fused-ring (bicyclic) bond motifs is 1. The third-order valence-corrected chi connectivity index (χ3v) is 13.5. The predicted octanol–water partition coefficient (Wildman–Crippen LogP) is 7.56. The van der Waals surface area contributed by atoms with Crippen LogP contribution in [-0.2, 0) is 33.2 Å². The van der Waals surface area contributed by atoms with Crippen molar-refractivity contribution in [2.45, 2.75) is 0 Å². The molecule has 0 atom stereocenters. The van der Waals surface area contributed by atoms with Crippen molar-refractivity contribution >= 4 is 75.4 Å². The van der Waals surface area contributed by atoms with Gasteiger partial charge < -0.3 is 62.6 Å². The van der Waals surface area contributed by atoms with Gasteiger partial charge in [-0.1, -0.05) is 65.7 Å². The average molecular weight is 1110 g/mol. The Bertz CT molecular complexity index is 2610. The topological polar surface area (TPSA) is 157 Å². The Hall–Kier alpha value is -6.35. The highest BCUT2D eigenvalue weighted by Gasteiger charge is 2.17. The minimum Gasteiger partial charge on any atom is -0.497 e. The van der Waals surface area contributed by atoms with Crippen molar-refractivity contribution in [3.63, 3.8) is 0 Å². The molecule has 0 unspecified atom stereocenters. The van der Waals surface area contributed by atoms with Crippen molar-refractivity contribution < 1.29 is 42.7 Å². The summed E-state index contributed by atoms with van der Waals surface area (Å²) in [5.41, 5.74) is 5.68. The molecule has 0 bridgehead atoms. The van der Waals surface area contributed by atoms with Gasteiger partial charge in [-0.2, -0.15) is 0 Å². The molecule has 12 rings (SSSR count). The van der Waals surface area contributed by atoms with Crippen molar-refractivity contribution in [3.8, 4) is 5.75 Å². The number of ether oxygens (including phenoxy) is 7. The summed E-state index contributed by atoms with van der Waals surface area (Å²) in [5.74, 6) is 1.49. The van der Waals surface area contributed by atoms with Crippen molar-refractivity contribution in [1.82, 2.24) is 19.9 Å². The molecule has 6 fully saturated rings. The second-order valence-corrected chi connectivity index (χ2v) is 19.0. The SMILES string of the molecule is COc1cccc(N2CCOCC2)c1.Clc1cc(Cl)nc(N2CCOCC2)n1.O=CN1CCOCC1.O=Cc1ccc(N2CCOCC2)cc1.c1cc(N2CCOCC2)ccn1.c1ccc2c(N3CCOCC3)cccc2c1. The molecule has 1 amide bonds. The first-order chi connectivity index (χ1) is 38.4. The number of amides is 1. The van der Waals surface area contributed by atoms with Gasteiger partial charge in [0.25, 0.3) is 0 Å². The van der Waals surface area contributed by atoms with Gasteiger partial charge in [0.05, 0.1) is 86.4 Å². The summed E-state index contributed by atoms with van der Waals surface area (Å²) in [6, 6.07) is 36.4. The summed E-state index contributed by atoms with van der Waals surface area (Å²) in [7, 11) is 1.69. The molecule has 0 N–H and O–H groups in total. The molecule has 6 aromatic rings. The van der Waals surface area contributed by atoms with Crippen LogP contribution in [0.4, 0.5) is 28.7 Å². The van der Waals surface area contributed by atoms with Crippen molar-refractivity contribution in [2.24, 2.45) is 0 Å². The summed E-state index contributed by atoms with van der Waals surface area (Å²) in [5, 5.41) is 3.39. The van der Waals surface area contributed by atoms with Crippen molar-refractivity contribution in [1.29, 1.82) is 0 Å². The molecule has 78 heavy (non-hydrogen) atoms. The third-order valence-electron chi connectivity index (χ3n) is 13.1. The fourth-order valence-electron chi connectivity index (χ4n) is 8.85. The van der Waals surface area contributed by atoms with Crippen LogP contribution in [0.25, 0.3) is 10.8 Å². The molecule has 0 spiro atoms. The highest BCUT2D eigenvalue weighted by Crippen LogP contribution is 2.27. The maximum absolute atomic E-state index is 10.5. The third kappa shape index (κ3) is 19.8. The molecule has 0 aliphatic carbocycles. The molecule has 20 heteroatoms. The second-order valence-electron chi connectivity index (χ2n) is 18.2. The van der Waals surface area contributed by atoms with E-state index in [4.69, 9.17) is 56.4 Å². The number of hydrogen-bond donors (Lipinski definition) is 0. The van der Waals surface area contributed by atoms with E-state index >= 15 is 0 Å². The summed E-state index contributed by atoms with van der Waals surface area (Å²) in [6.45, 7) is 20.1. The normalized spacial score (nSPS) is 17.4. The summed E-state index contributed by atoms with van der Waals surface area (Å²) in [6.07, 6.45) is 5.38. The zero-order chi connectivity index (χ0) is 54.4. The standard InChI is InChI=1S/C14H15NO.C11H15NO2.C11H13NO2.C9H12N2O.C8H9Cl2N3O.C5H9NO2/c1-2-6-13-12(4-1)5-3-7-14(13)15-8-10-16-11-9-15;1-13-11-4-2-3-10(9-11)12-5-7-14-8-6-12;13-9-10-1-3-11(4-2-10)12-5-7-14-8-6-12;1-3-10-4-2-9(1)11-5-7-12-8-6-11;9-6-5-7(10)12-8(11-6)13-1-3-14-4-2-13;7-5-6-1-3-8-4-2-6/h1-7H,8-11H2;2-4,9H,5-8H2,1H3;1-4,9H,5-8H2;1-4H,5-8H2;5H,1-4H2;5H,1-4H2. The van der Waals surface area contributed by atoms with Gasteiger partial charge in [0, 0.05) is 137 Å². The minimum absolute atomic E-state index is 0.367. The number of benzene rings is 4. The van der Waals surface area contributed by atoms with Crippen LogP contribution in [-0.4, -0.2) is 197 Å². The van der Waals surface area contributed by atoms with E-state index in [9.17, 15) is 9.59 Å². The Morgan fingerprint density at radius 3 is 1.41 bits per heavy atom. The molecule has 2 aromatic heterocycles. The Balaban J connectivity index is 0.000000137. The van der Waals surface area contributed by atoms with Crippen molar-refractivity contribution in [2.75, 3.05) is 189 Å². The highest BCUT2D eigenvalue weighted by atomic mass is 35.5. The molecule has 0 saturated carbocycles. The lowest BCUT2D eigenvalue weighted by atomic mass is 10.1. The number of methoxy groups -OCH3 is 1. The van der Waals surface area contributed by atoms with E-state index in [0.29, 0.717) is 42.7 Å². The van der Waals surface area contributed by atoms with Gasteiger partial charge >= 0.3 is 0 Å². The van der Waals surface area contributed by atoms with Crippen LogP contribution >= 0.6 is 23.2 Å². The highest BCUT2D eigenvalue weighted by molar-refractivity contribution is 6.33. The van der Waals surface area contributed by atoms with Crippen LogP contribution in [0.3, 0.4) is 0 Å². The van der Waals surface area contributed by atoms with Crippen LogP contribution in [0.15, 0.2) is 122 Å². The Morgan fingerprint density at radius 2 is 0.910 bits per heavy atom. The van der Waals surface area contributed by atoms with Crippen LogP contribution < -0.4 is 29.2 Å². The first kappa shape index (κ1) is 59.3. The van der Waals surface area contributed by atoms with Crippen LogP contribution in [0, 0.1) is 0 Å². The first-order valence-electron chi connectivity index (χ1n) is 26.6. The van der Waals surface area contributed by atoms with Gasteiger partial charge in [-0.3, -0.25) is 14.6 Å². The number of nitrogens with zero attached hydrogens (tertiary/aromatic N) is 9. The summed E-state index contributed by atoms with van der Waals surface area (Å²) < 4.78 is 36.6. The van der Waals surface area contributed by atoms with Gasteiger partial charge in [-0.15, -0.1) is 0 Å². The molecular formula is C58H73Cl2N9O9. The van der Waals surface area contributed by atoms with E-state index in [0.717, 1.165) is 155 Å². The zero-order valence-corrected chi connectivity index (χ0v) is 46.1. The molecule has 4 aromatic carbocycles. The van der Waals surface area contributed by atoms with Gasteiger partial charge in [0.1, 0.15) is 22.3 Å². The van der Waals surface area contributed by atoms with Gasteiger partial charge in [0.15, 0.2) is 0 Å². The van der Waals surface area contributed by atoms with E-state index in [1.54, 1.807) is 12.0 Å². The molecule has 6 aliphatic heterocycles. The largest absolute Gasteiger partial charge is 0.497 e. The van der Waals surface area contributed by atoms with E-state index in [1.807, 2.05) is 65.8 Å². The molecule has 0 radical (unpaired) electrons. The van der Waals surface area contributed by atoms with Crippen LogP contribution in [0.1, 0.15) is 10.4 Å². The Kier molecular flexibility index (Phi) is 25.7. The van der Waals surface area contributed by atoms with Crippen molar-refractivity contribution in [3.05, 3.63) is 137 Å². The molecular weight excluding hydrogens is 1040 g/mol. The summed E-state index contributed by atoms with van der Waals surface area (Å²) in [4.78, 5) is 45.7. The summed E-state index contributed by atoms with van der Waals surface area (Å²) >= 11 is 11.6. The number of carbonyl (C=O) groups is 2. The number of anilines is 5.